The number of likely N-dealkylation sites (tertiary alicyclic amines) is 1. The van der Waals surface area contributed by atoms with E-state index in [4.69, 9.17) is 4.52 Å². The molecular formula is C12H21N5O. The van der Waals surface area contributed by atoms with Crippen molar-refractivity contribution in [1.82, 2.24) is 25.3 Å². The second kappa shape index (κ2) is 5.34. The predicted octanol–water partition coefficient (Wildman–Crippen LogP) is -0.279. The normalized spacial score (nSPS) is 23.2. The summed E-state index contributed by atoms with van der Waals surface area (Å²) in [5.41, 5.74) is 0. The third kappa shape index (κ3) is 2.55. The Morgan fingerprint density at radius 2 is 2.11 bits per heavy atom. The van der Waals surface area contributed by atoms with E-state index in [2.05, 4.69) is 25.3 Å². The Kier molecular flexibility index (Phi) is 3.58. The lowest BCUT2D eigenvalue weighted by Gasteiger charge is -2.46. The number of hydrogen-bond donors (Lipinski definition) is 1. The van der Waals surface area contributed by atoms with Crippen LogP contribution in [0.4, 0.5) is 0 Å². The van der Waals surface area contributed by atoms with Gasteiger partial charge in [0.1, 0.15) is 0 Å². The highest BCUT2D eigenvalue weighted by Crippen LogP contribution is 2.17. The van der Waals surface area contributed by atoms with Crippen LogP contribution in [-0.4, -0.2) is 65.3 Å². The molecule has 100 valence electrons. The summed E-state index contributed by atoms with van der Waals surface area (Å²) in [5, 5.41) is 7.31. The molecule has 1 N–H and O–H groups in total. The lowest BCUT2D eigenvalue weighted by molar-refractivity contribution is 0.0165. The van der Waals surface area contributed by atoms with E-state index in [1.807, 2.05) is 6.92 Å². The Hall–Kier alpha value is -0.980. The van der Waals surface area contributed by atoms with Crippen LogP contribution in [0.5, 0.6) is 0 Å². The van der Waals surface area contributed by atoms with E-state index in [0.717, 1.165) is 56.9 Å². The number of nitrogens with one attached hydrogen (secondary N) is 1. The van der Waals surface area contributed by atoms with Crippen LogP contribution in [-0.2, 0) is 13.0 Å². The van der Waals surface area contributed by atoms with Crippen LogP contribution in [0, 0.1) is 0 Å². The number of rotatable bonds is 4. The fraction of sp³-hybridized carbons (Fsp3) is 0.833. The van der Waals surface area contributed by atoms with Crippen molar-refractivity contribution < 1.29 is 4.52 Å². The molecule has 0 amide bonds. The zero-order valence-corrected chi connectivity index (χ0v) is 10.9. The molecule has 0 radical (unpaired) electrons. The SMILES string of the molecule is CCc1noc(CN2CC(N3CCNCC3)C2)n1. The molecular weight excluding hydrogens is 230 g/mol. The van der Waals surface area contributed by atoms with Gasteiger partial charge in [0.05, 0.1) is 6.54 Å². The van der Waals surface area contributed by atoms with Gasteiger partial charge in [-0.1, -0.05) is 12.1 Å². The van der Waals surface area contributed by atoms with Crippen LogP contribution in [0.2, 0.25) is 0 Å². The third-order valence-corrected chi connectivity index (χ3v) is 3.79. The predicted molar refractivity (Wildman–Crippen MR) is 67.2 cm³/mol. The number of nitrogens with zero attached hydrogens (tertiary/aromatic N) is 4. The molecule has 18 heavy (non-hydrogen) atoms. The molecule has 0 atom stereocenters. The van der Waals surface area contributed by atoms with Crippen molar-refractivity contribution in [2.75, 3.05) is 39.3 Å². The average Bonchev–Trinajstić information content (AvgIpc) is 2.82. The number of aromatic nitrogens is 2. The van der Waals surface area contributed by atoms with Gasteiger partial charge >= 0.3 is 0 Å². The molecule has 1 aromatic heterocycles. The molecule has 2 aliphatic rings. The highest BCUT2D eigenvalue weighted by atomic mass is 16.5. The summed E-state index contributed by atoms with van der Waals surface area (Å²) in [6.07, 6.45) is 0.840. The van der Waals surface area contributed by atoms with Gasteiger partial charge in [0.2, 0.25) is 5.89 Å². The van der Waals surface area contributed by atoms with Crippen LogP contribution in [0.25, 0.3) is 0 Å². The van der Waals surface area contributed by atoms with Crippen LogP contribution in [0.3, 0.4) is 0 Å². The van der Waals surface area contributed by atoms with E-state index >= 15 is 0 Å². The lowest BCUT2D eigenvalue weighted by Crippen LogP contribution is -2.62. The van der Waals surface area contributed by atoms with E-state index < -0.39 is 0 Å². The zero-order valence-electron chi connectivity index (χ0n) is 10.9. The van der Waals surface area contributed by atoms with Crippen molar-refractivity contribution in [2.24, 2.45) is 0 Å². The van der Waals surface area contributed by atoms with Gasteiger partial charge in [-0.2, -0.15) is 4.98 Å². The average molecular weight is 251 g/mol. The molecule has 0 unspecified atom stereocenters. The minimum absolute atomic E-state index is 0.723. The first-order valence-corrected chi connectivity index (χ1v) is 6.83. The summed E-state index contributed by atoms with van der Waals surface area (Å²) in [6, 6.07) is 0.723. The second-order valence-electron chi connectivity index (χ2n) is 5.09. The summed E-state index contributed by atoms with van der Waals surface area (Å²) in [5.74, 6) is 1.56. The fourth-order valence-corrected chi connectivity index (χ4v) is 2.64. The number of aryl methyl sites for hydroxylation is 1. The minimum atomic E-state index is 0.723. The van der Waals surface area contributed by atoms with E-state index in [9.17, 15) is 0 Å². The molecule has 0 bridgehead atoms. The Labute approximate surface area is 107 Å². The Morgan fingerprint density at radius 3 is 2.78 bits per heavy atom. The van der Waals surface area contributed by atoms with Gasteiger partial charge in [-0.05, 0) is 0 Å². The van der Waals surface area contributed by atoms with E-state index in [1.165, 1.54) is 13.1 Å². The summed E-state index contributed by atoms with van der Waals surface area (Å²) in [6.45, 7) is 9.71. The molecule has 3 heterocycles. The second-order valence-corrected chi connectivity index (χ2v) is 5.09. The summed E-state index contributed by atoms with van der Waals surface area (Å²) in [4.78, 5) is 9.30. The molecule has 1 aromatic rings. The number of hydrogen-bond acceptors (Lipinski definition) is 6. The molecule has 2 saturated heterocycles. The van der Waals surface area contributed by atoms with Crippen LogP contribution < -0.4 is 5.32 Å². The van der Waals surface area contributed by atoms with Crippen molar-refractivity contribution in [3.05, 3.63) is 11.7 Å². The van der Waals surface area contributed by atoms with E-state index in [-0.39, 0.29) is 0 Å². The maximum atomic E-state index is 5.22. The highest BCUT2D eigenvalue weighted by Gasteiger charge is 2.32. The van der Waals surface area contributed by atoms with Crippen molar-refractivity contribution in [3.63, 3.8) is 0 Å². The largest absolute Gasteiger partial charge is 0.338 e. The van der Waals surface area contributed by atoms with E-state index in [0.29, 0.717) is 0 Å². The Balaban J connectivity index is 1.44. The lowest BCUT2D eigenvalue weighted by atomic mass is 10.1. The van der Waals surface area contributed by atoms with Gasteiger partial charge in [-0.15, -0.1) is 0 Å². The van der Waals surface area contributed by atoms with Gasteiger partial charge in [0.25, 0.3) is 0 Å². The van der Waals surface area contributed by atoms with E-state index in [1.54, 1.807) is 0 Å². The third-order valence-electron chi connectivity index (χ3n) is 3.79. The van der Waals surface area contributed by atoms with Crippen molar-refractivity contribution in [2.45, 2.75) is 25.9 Å². The molecule has 6 heteroatoms. The molecule has 2 aliphatic heterocycles. The molecule has 2 fully saturated rings. The first-order valence-electron chi connectivity index (χ1n) is 6.83. The number of piperazine rings is 1. The van der Waals surface area contributed by atoms with Crippen LogP contribution in [0.1, 0.15) is 18.6 Å². The maximum absolute atomic E-state index is 5.22. The summed E-state index contributed by atoms with van der Waals surface area (Å²) in [7, 11) is 0. The summed E-state index contributed by atoms with van der Waals surface area (Å²) < 4.78 is 5.22. The monoisotopic (exact) mass is 251 g/mol. The quantitative estimate of drug-likeness (QED) is 0.794. The summed E-state index contributed by atoms with van der Waals surface area (Å²) >= 11 is 0. The molecule has 0 saturated carbocycles. The first-order chi connectivity index (χ1) is 8.85. The van der Waals surface area contributed by atoms with Crippen molar-refractivity contribution in [1.29, 1.82) is 0 Å². The van der Waals surface area contributed by atoms with Gasteiger partial charge < -0.3 is 9.84 Å². The zero-order chi connectivity index (χ0) is 12.4. The van der Waals surface area contributed by atoms with Crippen LogP contribution in [0.15, 0.2) is 4.52 Å². The molecule has 0 spiro atoms. The molecule has 3 rings (SSSR count). The fourth-order valence-electron chi connectivity index (χ4n) is 2.64. The first kappa shape index (κ1) is 12.1. The van der Waals surface area contributed by atoms with Crippen molar-refractivity contribution >= 4 is 0 Å². The molecule has 6 nitrogen and oxygen atoms in total. The van der Waals surface area contributed by atoms with Gasteiger partial charge in [-0.25, -0.2) is 0 Å². The smallest absolute Gasteiger partial charge is 0.240 e. The Morgan fingerprint density at radius 1 is 1.33 bits per heavy atom. The standard InChI is InChI=1S/C12H21N5O/c1-2-11-14-12(18-15-11)9-16-7-10(8-16)17-5-3-13-4-6-17/h10,13H,2-9H2,1H3. The van der Waals surface area contributed by atoms with Crippen LogP contribution >= 0.6 is 0 Å². The highest BCUT2D eigenvalue weighted by molar-refractivity contribution is 4.93. The molecule has 0 aromatic carbocycles. The maximum Gasteiger partial charge on any atom is 0.240 e. The van der Waals surface area contributed by atoms with Crippen molar-refractivity contribution in [3.8, 4) is 0 Å². The topological polar surface area (TPSA) is 57.4 Å². The van der Waals surface area contributed by atoms with Gasteiger partial charge in [0, 0.05) is 51.7 Å². The van der Waals surface area contributed by atoms with Gasteiger partial charge in [0.15, 0.2) is 5.82 Å². The Bertz CT molecular complexity index is 382. The van der Waals surface area contributed by atoms with Gasteiger partial charge in [-0.3, -0.25) is 9.80 Å². The minimum Gasteiger partial charge on any atom is -0.338 e. The molecule has 0 aliphatic carbocycles.